The Balaban J connectivity index is 2.19. The number of hydrogen-bond donors (Lipinski definition) is 1. The molecule has 1 fully saturated rings. The summed E-state index contributed by atoms with van der Waals surface area (Å²) >= 11 is 1.89. The van der Waals surface area contributed by atoms with Crippen LogP contribution < -0.4 is 10.2 Å². The Kier molecular flexibility index (Phi) is 5.67. The molecule has 2 rings (SSSR count). The second-order valence-electron chi connectivity index (χ2n) is 7.24. The molecule has 1 saturated heterocycles. The minimum Gasteiger partial charge on any atom is -0.348 e. The van der Waals surface area contributed by atoms with Gasteiger partial charge in [-0.2, -0.15) is 0 Å². The van der Waals surface area contributed by atoms with E-state index < -0.39 is 0 Å². The summed E-state index contributed by atoms with van der Waals surface area (Å²) < 4.78 is 0. The Morgan fingerprint density at radius 1 is 1.29 bits per heavy atom. The number of nitrogens with one attached hydrogen (secondary N) is 1. The average Bonchev–Trinajstić information content (AvgIpc) is 2.70. The van der Waals surface area contributed by atoms with Gasteiger partial charge in [0.25, 0.3) is 0 Å². The van der Waals surface area contributed by atoms with Crippen molar-refractivity contribution >= 4 is 16.5 Å². The summed E-state index contributed by atoms with van der Waals surface area (Å²) in [5.74, 6) is 0.911. The Hall–Kier alpha value is -0.610. The van der Waals surface area contributed by atoms with Gasteiger partial charge < -0.3 is 10.2 Å². The summed E-state index contributed by atoms with van der Waals surface area (Å²) in [4.78, 5) is 8.94. The summed E-state index contributed by atoms with van der Waals surface area (Å²) in [5.41, 5.74) is 1.40. The van der Waals surface area contributed by atoms with Gasteiger partial charge in [0.15, 0.2) is 5.13 Å². The topological polar surface area (TPSA) is 28.2 Å². The molecule has 21 heavy (non-hydrogen) atoms. The van der Waals surface area contributed by atoms with Gasteiger partial charge in [0.05, 0.1) is 5.69 Å². The molecule has 3 nitrogen and oxygen atoms in total. The van der Waals surface area contributed by atoms with Gasteiger partial charge in [0.1, 0.15) is 0 Å². The summed E-state index contributed by atoms with van der Waals surface area (Å²) in [6.45, 7) is 12.4. The number of anilines is 1. The molecule has 1 unspecified atom stereocenters. The molecule has 2 heterocycles. The lowest BCUT2D eigenvalue weighted by Crippen LogP contribution is -2.24. The van der Waals surface area contributed by atoms with Crippen LogP contribution in [0.1, 0.15) is 63.9 Å². The lowest BCUT2D eigenvalue weighted by Gasteiger charge is -2.20. The lowest BCUT2D eigenvalue weighted by molar-refractivity contribution is 0.459. The van der Waals surface area contributed by atoms with Gasteiger partial charge in [-0.15, -0.1) is 11.3 Å². The predicted molar refractivity (Wildman–Crippen MR) is 93.4 cm³/mol. The van der Waals surface area contributed by atoms with Gasteiger partial charge in [-0.25, -0.2) is 4.98 Å². The first-order chi connectivity index (χ1) is 9.95. The van der Waals surface area contributed by atoms with Gasteiger partial charge in [-0.3, -0.25) is 0 Å². The lowest BCUT2D eigenvalue weighted by atomic mass is 9.91. The largest absolute Gasteiger partial charge is 0.348 e. The van der Waals surface area contributed by atoms with Crippen LogP contribution in [-0.2, 0) is 12.0 Å². The van der Waals surface area contributed by atoms with E-state index >= 15 is 0 Å². The van der Waals surface area contributed by atoms with Crippen LogP contribution in [-0.4, -0.2) is 25.1 Å². The first kappa shape index (κ1) is 16.8. The van der Waals surface area contributed by atoms with Crippen LogP contribution in [0, 0.1) is 5.92 Å². The number of rotatable bonds is 4. The smallest absolute Gasteiger partial charge is 0.185 e. The van der Waals surface area contributed by atoms with Crippen LogP contribution >= 0.6 is 11.3 Å². The van der Waals surface area contributed by atoms with Crippen molar-refractivity contribution in [1.82, 2.24) is 10.3 Å². The van der Waals surface area contributed by atoms with Gasteiger partial charge in [0.2, 0.25) is 0 Å². The summed E-state index contributed by atoms with van der Waals surface area (Å²) in [7, 11) is 2.02. The van der Waals surface area contributed by atoms with Crippen LogP contribution in [0.2, 0.25) is 0 Å². The maximum absolute atomic E-state index is 5.02. The number of aromatic nitrogens is 1. The van der Waals surface area contributed by atoms with Crippen molar-refractivity contribution < 1.29 is 0 Å². The fourth-order valence-electron chi connectivity index (χ4n) is 3.11. The quantitative estimate of drug-likeness (QED) is 0.904. The van der Waals surface area contributed by atoms with Crippen molar-refractivity contribution in [3.63, 3.8) is 0 Å². The standard InChI is InChI=1S/C17H31N3S/c1-6-13-8-7-10-20(11-9-13)16-19-15(17(2,3)4)14(21-16)12-18-5/h13,18H,6-12H2,1-5H3. The fourth-order valence-corrected chi connectivity index (χ4v) is 4.44. The molecule has 1 aliphatic heterocycles. The monoisotopic (exact) mass is 309 g/mol. The SMILES string of the molecule is CCC1CCCN(c2nc(C(C)(C)C)c(CNC)s2)CC1. The molecule has 0 aromatic carbocycles. The van der Waals surface area contributed by atoms with Crippen LogP contribution in [0.15, 0.2) is 0 Å². The third kappa shape index (κ3) is 4.19. The van der Waals surface area contributed by atoms with E-state index in [-0.39, 0.29) is 5.41 Å². The molecule has 1 atom stereocenters. The second kappa shape index (κ2) is 7.10. The molecule has 120 valence electrons. The second-order valence-corrected chi connectivity index (χ2v) is 8.30. The molecule has 0 bridgehead atoms. The van der Waals surface area contributed by atoms with Crippen LogP contribution in [0.4, 0.5) is 5.13 Å². The minimum absolute atomic E-state index is 0.124. The first-order valence-electron chi connectivity index (χ1n) is 8.35. The zero-order valence-electron chi connectivity index (χ0n) is 14.3. The zero-order chi connectivity index (χ0) is 15.5. The number of thiazole rings is 1. The maximum atomic E-state index is 5.02. The van der Waals surface area contributed by atoms with Crippen molar-refractivity contribution in [1.29, 1.82) is 0 Å². The molecule has 0 aliphatic carbocycles. The molecule has 1 aromatic rings. The predicted octanol–water partition coefficient (Wildman–Crippen LogP) is 4.18. The fraction of sp³-hybridized carbons (Fsp3) is 0.824. The Labute approximate surface area is 134 Å². The molecule has 0 spiro atoms. The van der Waals surface area contributed by atoms with Gasteiger partial charge >= 0.3 is 0 Å². The molecule has 0 saturated carbocycles. The first-order valence-corrected chi connectivity index (χ1v) is 9.17. The van der Waals surface area contributed by atoms with E-state index in [1.165, 1.54) is 54.5 Å². The van der Waals surface area contributed by atoms with Crippen molar-refractivity contribution in [2.24, 2.45) is 5.92 Å². The summed E-state index contributed by atoms with van der Waals surface area (Å²) in [5, 5.41) is 4.53. The Morgan fingerprint density at radius 2 is 2.05 bits per heavy atom. The molecule has 0 radical (unpaired) electrons. The minimum atomic E-state index is 0.124. The van der Waals surface area contributed by atoms with E-state index in [2.05, 4.69) is 37.9 Å². The highest BCUT2D eigenvalue weighted by Gasteiger charge is 2.25. The van der Waals surface area contributed by atoms with Crippen LogP contribution in [0.5, 0.6) is 0 Å². The van der Waals surface area contributed by atoms with Crippen molar-refractivity contribution in [3.05, 3.63) is 10.6 Å². The normalized spacial score (nSPS) is 20.6. The van der Waals surface area contributed by atoms with E-state index in [4.69, 9.17) is 4.98 Å². The van der Waals surface area contributed by atoms with E-state index in [1.807, 2.05) is 18.4 Å². The number of nitrogens with zero attached hydrogens (tertiary/aromatic N) is 2. The third-order valence-electron chi connectivity index (χ3n) is 4.43. The van der Waals surface area contributed by atoms with Crippen molar-refractivity contribution in [2.75, 3.05) is 25.0 Å². The zero-order valence-corrected chi connectivity index (χ0v) is 15.1. The van der Waals surface area contributed by atoms with Gasteiger partial charge in [-0.1, -0.05) is 34.1 Å². The van der Waals surface area contributed by atoms with E-state index in [0.717, 1.165) is 12.5 Å². The van der Waals surface area contributed by atoms with E-state index in [9.17, 15) is 0 Å². The number of hydrogen-bond acceptors (Lipinski definition) is 4. The highest BCUT2D eigenvalue weighted by Crippen LogP contribution is 2.35. The molecule has 0 amide bonds. The molecule has 1 aliphatic rings. The molecular weight excluding hydrogens is 278 g/mol. The summed E-state index contributed by atoms with van der Waals surface area (Å²) in [6, 6.07) is 0. The average molecular weight is 310 g/mol. The molecule has 1 aromatic heterocycles. The summed E-state index contributed by atoms with van der Waals surface area (Å²) in [6.07, 6.45) is 5.34. The third-order valence-corrected chi connectivity index (χ3v) is 5.55. The van der Waals surface area contributed by atoms with Crippen LogP contribution in [0.25, 0.3) is 0 Å². The van der Waals surface area contributed by atoms with Gasteiger partial charge in [0, 0.05) is 29.9 Å². The Morgan fingerprint density at radius 3 is 2.67 bits per heavy atom. The van der Waals surface area contributed by atoms with E-state index in [0.29, 0.717) is 0 Å². The van der Waals surface area contributed by atoms with E-state index in [1.54, 1.807) is 0 Å². The highest BCUT2D eigenvalue weighted by atomic mass is 32.1. The van der Waals surface area contributed by atoms with Crippen LogP contribution in [0.3, 0.4) is 0 Å². The molecule has 4 heteroatoms. The highest BCUT2D eigenvalue weighted by molar-refractivity contribution is 7.15. The molecule has 1 N–H and O–H groups in total. The Bertz CT molecular complexity index is 447. The van der Waals surface area contributed by atoms with Crippen molar-refractivity contribution in [2.45, 2.75) is 65.3 Å². The van der Waals surface area contributed by atoms with Gasteiger partial charge in [-0.05, 0) is 32.2 Å². The maximum Gasteiger partial charge on any atom is 0.185 e. The van der Waals surface area contributed by atoms with Crippen molar-refractivity contribution in [3.8, 4) is 0 Å². The molecular formula is C17H31N3S.